The Bertz CT molecular complexity index is 400. The molecule has 1 heterocycles. The fourth-order valence-electron chi connectivity index (χ4n) is 1.93. The molecule has 0 spiro atoms. The Labute approximate surface area is 111 Å². The van der Waals surface area contributed by atoms with Gasteiger partial charge in [-0.3, -0.25) is 4.79 Å². The maximum Gasteiger partial charge on any atom is 0.232 e. The standard InChI is InChI=1S/C13H18N2O2S/c14-10-5-7-15(8-6-10)13(17)9-18-12-3-1-11(16)2-4-12/h1-4,10,16H,5-9,14H2. The van der Waals surface area contributed by atoms with Crippen LogP contribution in [-0.4, -0.2) is 40.8 Å². The lowest BCUT2D eigenvalue weighted by Gasteiger charge is -2.30. The van der Waals surface area contributed by atoms with Gasteiger partial charge >= 0.3 is 0 Å². The summed E-state index contributed by atoms with van der Waals surface area (Å²) in [6.07, 6.45) is 1.80. The molecule has 0 saturated carbocycles. The number of nitrogens with two attached hydrogens (primary N) is 1. The van der Waals surface area contributed by atoms with Gasteiger partial charge in [-0.15, -0.1) is 11.8 Å². The lowest BCUT2D eigenvalue weighted by molar-refractivity contribution is -0.129. The molecule has 1 fully saturated rings. The molecule has 1 saturated heterocycles. The van der Waals surface area contributed by atoms with Crippen LogP contribution in [0.4, 0.5) is 0 Å². The summed E-state index contributed by atoms with van der Waals surface area (Å²) in [4.78, 5) is 14.8. The lowest BCUT2D eigenvalue weighted by atomic mass is 10.1. The molecule has 4 nitrogen and oxygen atoms in total. The molecule has 0 bridgehead atoms. The lowest BCUT2D eigenvalue weighted by Crippen LogP contribution is -2.43. The quantitative estimate of drug-likeness (QED) is 0.812. The highest BCUT2D eigenvalue weighted by Gasteiger charge is 2.20. The molecular formula is C13H18N2O2S. The highest BCUT2D eigenvalue weighted by molar-refractivity contribution is 8.00. The molecule has 5 heteroatoms. The van der Waals surface area contributed by atoms with E-state index in [1.54, 1.807) is 12.1 Å². The van der Waals surface area contributed by atoms with Crippen molar-refractivity contribution in [3.63, 3.8) is 0 Å². The van der Waals surface area contributed by atoms with Gasteiger partial charge in [-0.1, -0.05) is 0 Å². The van der Waals surface area contributed by atoms with Gasteiger partial charge in [0.25, 0.3) is 0 Å². The Hall–Kier alpha value is -1.20. The van der Waals surface area contributed by atoms with Crippen LogP contribution in [0.3, 0.4) is 0 Å². The largest absolute Gasteiger partial charge is 0.508 e. The van der Waals surface area contributed by atoms with E-state index in [4.69, 9.17) is 10.8 Å². The van der Waals surface area contributed by atoms with E-state index in [1.807, 2.05) is 17.0 Å². The minimum absolute atomic E-state index is 0.167. The summed E-state index contributed by atoms with van der Waals surface area (Å²) in [5.74, 6) is 0.857. The fourth-order valence-corrected chi connectivity index (χ4v) is 2.73. The van der Waals surface area contributed by atoms with Gasteiger partial charge in [0.1, 0.15) is 5.75 Å². The summed E-state index contributed by atoms with van der Waals surface area (Å²) in [5, 5.41) is 9.17. The molecule has 3 N–H and O–H groups in total. The summed E-state index contributed by atoms with van der Waals surface area (Å²) >= 11 is 1.50. The Morgan fingerprint density at radius 2 is 1.94 bits per heavy atom. The molecule has 1 aromatic carbocycles. The van der Waals surface area contributed by atoms with E-state index in [0.29, 0.717) is 5.75 Å². The third-order valence-corrected chi connectivity index (χ3v) is 4.09. The van der Waals surface area contributed by atoms with Gasteiger partial charge in [0.2, 0.25) is 5.91 Å². The van der Waals surface area contributed by atoms with Crippen LogP contribution in [-0.2, 0) is 4.79 Å². The van der Waals surface area contributed by atoms with Crippen LogP contribution < -0.4 is 5.73 Å². The average Bonchev–Trinajstić information content (AvgIpc) is 2.38. The molecule has 0 atom stereocenters. The maximum atomic E-state index is 12.0. The monoisotopic (exact) mass is 266 g/mol. The molecule has 1 amide bonds. The Morgan fingerprint density at radius 1 is 1.33 bits per heavy atom. The first-order valence-electron chi connectivity index (χ1n) is 6.10. The predicted molar refractivity (Wildman–Crippen MR) is 72.6 cm³/mol. The number of hydrogen-bond acceptors (Lipinski definition) is 4. The Balaban J connectivity index is 1.79. The van der Waals surface area contributed by atoms with E-state index in [1.165, 1.54) is 11.8 Å². The second-order valence-corrected chi connectivity index (χ2v) is 5.55. The number of thioether (sulfide) groups is 1. The highest BCUT2D eigenvalue weighted by atomic mass is 32.2. The smallest absolute Gasteiger partial charge is 0.232 e. The summed E-state index contributed by atoms with van der Waals surface area (Å²) in [6, 6.07) is 7.15. The summed E-state index contributed by atoms with van der Waals surface area (Å²) in [6.45, 7) is 1.55. The van der Waals surface area contributed by atoms with Crippen molar-refractivity contribution < 1.29 is 9.90 Å². The van der Waals surface area contributed by atoms with Crippen molar-refractivity contribution in [2.75, 3.05) is 18.8 Å². The van der Waals surface area contributed by atoms with Gasteiger partial charge < -0.3 is 15.7 Å². The van der Waals surface area contributed by atoms with E-state index in [9.17, 15) is 4.79 Å². The van der Waals surface area contributed by atoms with Crippen molar-refractivity contribution in [2.24, 2.45) is 5.73 Å². The maximum absolute atomic E-state index is 12.0. The molecular weight excluding hydrogens is 248 g/mol. The molecule has 18 heavy (non-hydrogen) atoms. The van der Waals surface area contributed by atoms with E-state index in [-0.39, 0.29) is 17.7 Å². The predicted octanol–water partition coefficient (Wildman–Crippen LogP) is 1.43. The molecule has 1 aromatic rings. The number of nitrogens with zero attached hydrogens (tertiary/aromatic N) is 1. The average molecular weight is 266 g/mol. The van der Waals surface area contributed by atoms with Crippen LogP contribution in [0.25, 0.3) is 0 Å². The number of phenolic OH excluding ortho intramolecular Hbond substituents is 1. The highest BCUT2D eigenvalue weighted by Crippen LogP contribution is 2.21. The zero-order chi connectivity index (χ0) is 13.0. The molecule has 0 radical (unpaired) electrons. The third-order valence-electron chi connectivity index (χ3n) is 3.09. The van der Waals surface area contributed by atoms with Crippen LogP contribution in [0, 0.1) is 0 Å². The van der Waals surface area contributed by atoms with E-state index in [2.05, 4.69) is 0 Å². The van der Waals surface area contributed by atoms with Crippen LogP contribution >= 0.6 is 11.8 Å². The Morgan fingerprint density at radius 3 is 2.56 bits per heavy atom. The minimum Gasteiger partial charge on any atom is -0.508 e. The van der Waals surface area contributed by atoms with E-state index < -0.39 is 0 Å². The summed E-state index contributed by atoms with van der Waals surface area (Å²) in [7, 11) is 0. The molecule has 0 aliphatic carbocycles. The molecule has 1 aliphatic heterocycles. The van der Waals surface area contributed by atoms with Gasteiger partial charge in [-0.25, -0.2) is 0 Å². The van der Waals surface area contributed by atoms with Crippen LogP contribution in [0.15, 0.2) is 29.2 Å². The number of phenols is 1. The molecule has 2 rings (SSSR count). The number of aromatic hydroxyl groups is 1. The molecule has 98 valence electrons. The fraction of sp³-hybridized carbons (Fsp3) is 0.462. The van der Waals surface area contributed by atoms with E-state index in [0.717, 1.165) is 30.8 Å². The number of carbonyl (C=O) groups excluding carboxylic acids is 1. The second-order valence-electron chi connectivity index (χ2n) is 4.50. The number of likely N-dealkylation sites (tertiary alicyclic amines) is 1. The van der Waals surface area contributed by atoms with Crippen molar-refractivity contribution in [2.45, 2.75) is 23.8 Å². The molecule has 1 aliphatic rings. The zero-order valence-corrected chi connectivity index (χ0v) is 11.0. The molecule has 0 unspecified atom stereocenters. The zero-order valence-electron chi connectivity index (χ0n) is 10.2. The first-order valence-corrected chi connectivity index (χ1v) is 7.09. The number of hydrogen-bond donors (Lipinski definition) is 2. The number of benzene rings is 1. The van der Waals surface area contributed by atoms with Gasteiger partial charge in [0, 0.05) is 24.0 Å². The first kappa shape index (κ1) is 13.2. The molecule has 0 aromatic heterocycles. The van der Waals surface area contributed by atoms with Crippen molar-refractivity contribution in [3.05, 3.63) is 24.3 Å². The number of rotatable bonds is 3. The normalized spacial score (nSPS) is 16.8. The third kappa shape index (κ3) is 3.65. The number of piperidine rings is 1. The van der Waals surface area contributed by atoms with Gasteiger partial charge in [-0.05, 0) is 37.1 Å². The van der Waals surface area contributed by atoms with Gasteiger partial charge in [0.15, 0.2) is 0 Å². The van der Waals surface area contributed by atoms with Gasteiger partial charge in [0.05, 0.1) is 5.75 Å². The summed E-state index contributed by atoms with van der Waals surface area (Å²) in [5.41, 5.74) is 5.81. The van der Waals surface area contributed by atoms with Crippen LogP contribution in [0.5, 0.6) is 5.75 Å². The summed E-state index contributed by atoms with van der Waals surface area (Å²) < 4.78 is 0. The van der Waals surface area contributed by atoms with Crippen LogP contribution in [0.1, 0.15) is 12.8 Å². The van der Waals surface area contributed by atoms with Crippen molar-refractivity contribution in [3.8, 4) is 5.75 Å². The first-order chi connectivity index (χ1) is 8.65. The van der Waals surface area contributed by atoms with Crippen molar-refractivity contribution in [1.82, 2.24) is 4.90 Å². The number of amides is 1. The van der Waals surface area contributed by atoms with Crippen molar-refractivity contribution >= 4 is 17.7 Å². The second kappa shape index (κ2) is 6.11. The minimum atomic E-state index is 0.167. The van der Waals surface area contributed by atoms with Crippen LogP contribution in [0.2, 0.25) is 0 Å². The van der Waals surface area contributed by atoms with Gasteiger partial charge in [-0.2, -0.15) is 0 Å². The number of carbonyl (C=O) groups is 1. The SMILES string of the molecule is NC1CCN(C(=O)CSc2ccc(O)cc2)CC1. The van der Waals surface area contributed by atoms with E-state index >= 15 is 0 Å². The topological polar surface area (TPSA) is 66.6 Å². The van der Waals surface area contributed by atoms with Crippen molar-refractivity contribution in [1.29, 1.82) is 0 Å². The Kier molecular flexibility index (Phi) is 4.49.